The molecule has 0 saturated heterocycles. The molecule has 1 rings (SSSR count). The van der Waals surface area contributed by atoms with E-state index in [1.54, 1.807) is 6.07 Å². The largest absolute Gasteiger partial charge is 0.389 e. The molecule has 0 aliphatic carbocycles. The van der Waals surface area contributed by atoms with Gasteiger partial charge in [0.05, 0.1) is 0 Å². The van der Waals surface area contributed by atoms with Crippen LogP contribution in [0.4, 0.5) is 5.69 Å². The number of halogens is 1. The predicted molar refractivity (Wildman–Crippen MR) is 79.9 cm³/mol. The minimum atomic E-state index is 0.232. The van der Waals surface area contributed by atoms with Gasteiger partial charge in [0.2, 0.25) is 0 Å². The summed E-state index contributed by atoms with van der Waals surface area (Å²) < 4.78 is 0. The van der Waals surface area contributed by atoms with Crippen molar-refractivity contribution in [3.05, 3.63) is 28.8 Å². The van der Waals surface area contributed by atoms with Crippen molar-refractivity contribution in [1.82, 2.24) is 0 Å². The van der Waals surface area contributed by atoms with Gasteiger partial charge in [0, 0.05) is 22.8 Å². The van der Waals surface area contributed by atoms with Crippen LogP contribution >= 0.6 is 23.8 Å². The predicted octanol–water partition coefficient (Wildman–Crippen LogP) is 3.82. The lowest BCUT2D eigenvalue weighted by Crippen LogP contribution is -2.23. The van der Waals surface area contributed by atoms with Gasteiger partial charge >= 0.3 is 0 Å². The Hall–Kier alpha value is -0.800. The molecule has 3 N–H and O–H groups in total. The summed E-state index contributed by atoms with van der Waals surface area (Å²) in [5.74, 6) is 0. The minimum Gasteiger partial charge on any atom is -0.389 e. The summed E-state index contributed by atoms with van der Waals surface area (Å²) in [7, 11) is 0. The van der Waals surface area contributed by atoms with Crippen LogP contribution in [0.15, 0.2) is 18.2 Å². The minimum absolute atomic E-state index is 0.232. The van der Waals surface area contributed by atoms with E-state index in [0.29, 0.717) is 10.0 Å². The van der Waals surface area contributed by atoms with Crippen molar-refractivity contribution in [1.29, 1.82) is 0 Å². The SMILES string of the molecule is CCC(C)(C)CNc1cc(Cl)ccc1C(N)=S. The smallest absolute Gasteiger partial charge is 0.106 e. The van der Waals surface area contributed by atoms with Crippen molar-refractivity contribution in [2.75, 3.05) is 11.9 Å². The lowest BCUT2D eigenvalue weighted by Gasteiger charge is -2.24. The molecule has 0 aliphatic rings. The first-order valence-corrected chi connectivity index (χ1v) is 6.47. The number of rotatable bonds is 5. The number of nitrogens with one attached hydrogen (secondary N) is 1. The average Bonchev–Trinajstić information content (AvgIpc) is 2.26. The molecular weight excluding hydrogens is 252 g/mol. The Kier molecular flexibility index (Phi) is 4.78. The molecule has 0 spiro atoms. The third kappa shape index (κ3) is 4.17. The third-order valence-electron chi connectivity index (χ3n) is 2.96. The van der Waals surface area contributed by atoms with Crippen LogP contribution in [-0.2, 0) is 0 Å². The van der Waals surface area contributed by atoms with Gasteiger partial charge in [-0.05, 0) is 30.0 Å². The summed E-state index contributed by atoms with van der Waals surface area (Å²) >= 11 is 11.0. The van der Waals surface area contributed by atoms with Gasteiger partial charge in [-0.15, -0.1) is 0 Å². The number of hydrogen-bond acceptors (Lipinski definition) is 2. The van der Waals surface area contributed by atoms with Crippen LogP contribution in [0.2, 0.25) is 5.02 Å². The summed E-state index contributed by atoms with van der Waals surface area (Å²) in [4.78, 5) is 0.387. The molecule has 0 saturated carbocycles. The van der Waals surface area contributed by atoms with E-state index in [9.17, 15) is 0 Å². The van der Waals surface area contributed by atoms with Crippen LogP contribution < -0.4 is 11.1 Å². The van der Waals surface area contributed by atoms with Gasteiger partial charge in [0.1, 0.15) is 4.99 Å². The third-order valence-corrected chi connectivity index (χ3v) is 3.42. The Morgan fingerprint density at radius 1 is 1.47 bits per heavy atom. The summed E-state index contributed by atoms with van der Waals surface area (Å²) in [6.45, 7) is 7.46. The van der Waals surface area contributed by atoms with Gasteiger partial charge in [0.15, 0.2) is 0 Å². The van der Waals surface area contributed by atoms with E-state index in [1.165, 1.54) is 0 Å². The van der Waals surface area contributed by atoms with Crippen LogP contribution in [-0.4, -0.2) is 11.5 Å². The highest BCUT2D eigenvalue weighted by Crippen LogP contribution is 2.25. The van der Waals surface area contributed by atoms with Crippen molar-refractivity contribution in [3.8, 4) is 0 Å². The second-order valence-corrected chi connectivity index (χ2v) is 5.80. The highest BCUT2D eigenvalue weighted by atomic mass is 35.5. The van der Waals surface area contributed by atoms with Crippen LogP contribution in [0.25, 0.3) is 0 Å². The molecule has 0 bridgehead atoms. The van der Waals surface area contributed by atoms with E-state index >= 15 is 0 Å². The Balaban J connectivity index is 2.89. The zero-order chi connectivity index (χ0) is 13.1. The molecule has 94 valence electrons. The lowest BCUT2D eigenvalue weighted by molar-refractivity contribution is 0.377. The first kappa shape index (κ1) is 14.3. The van der Waals surface area contributed by atoms with E-state index in [2.05, 4.69) is 26.1 Å². The summed E-state index contributed by atoms with van der Waals surface area (Å²) in [5.41, 5.74) is 7.67. The monoisotopic (exact) mass is 270 g/mol. The molecule has 0 radical (unpaired) electrons. The van der Waals surface area contributed by atoms with Gasteiger partial charge in [-0.25, -0.2) is 0 Å². The number of hydrogen-bond donors (Lipinski definition) is 2. The second kappa shape index (κ2) is 5.69. The van der Waals surface area contributed by atoms with E-state index in [4.69, 9.17) is 29.6 Å². The fourth-order valence-electron chi connectivity index (χ4n) is 1.34. The van der Waals surface area contributed by atoms with Crippen molar-refractivity contribution in [2.45, 2.75) is 27.2 Å². The van der Waals surface area contributed by atoms with Gasteiger partial charge in [-0.3, -0.25) is 0 Å². The maximum absolute atomic E-state index is 5.98. The molecule has 0 unspecified atom stereocenters. The van der Waals surface area contributed by atoms with E-state index in [1.807, 2.05) is 12.1 Å². The quantitative estimate of drug-likeness (QED) is 0.799. The van der Waals surface area contributed by atoms with Crippen LogP contribution in [0, 0.1) is 5.41 Å². The fraction of sp³-hybridized carbons (Fsp3) is 0.462. The number of nitrogens with two attached hydrogens (primary N) is 1. The molecule has 0 atom stereocenters. The molecule has 0 heterocycles. The number of benzene rings is 1. The van der Waals surface area contributed by atoms with Crippen molar-refractivity contribution < 1.29 is 0 Å². The molecular formula is C13H19ClN2S. The van der Waals surface area contributed by atoms with Crippen molar-refractivity contribution in [3.63, 3.8) is 0 Å². The van der Waals surface area contributed by atoms with Gasteiger partial charge < -0.3 is 11.1 Å². The highest BCUT2D eigenvalue weighted by Gasteiger charge is 2.15. The second-order valence-electron chi connectivity index (χ2n) is 4.93. The normalized spacial score (nSPS) is 11.3. The molecule has 17 heavy (non-hydrogen) atoms. The molecule has 1 aromatic carbocycles. The summed E-state index contributed by atoms with van der Waals surface area (Å²) in [6.07, 6.45) is 1.10. The van der Waals surface area contributed by atoms with Crippen LogP contribution in [0.3, 0.4) is 0 Å². The lowest BCUT2D eigenvalue weighted by atomic mass is 9.90. The maximum Gasteiger partial charge on any atom is 0.106 e. The van der Waals surface area contributed by atoms with Crippen molar-refractivity contribution >= 4 is 34.5 Å². The maximum atomic E-state index is 5.98. The van der Waals surface area contributed by atoms with Crippen molar-refractivity contribution in [2.24, 2.45) is 11.1 Å². The molecule has 0 fully saturated rings. The fourth-order valence-corrected chi connectivity index (χ4v) is 1.69. The Bertz CT molecular complexity index is 416. The number of thiocarbonyl (C=S) groups is 1. The first-order valence-electron chi connectivity index (χ1n) is 5.69. The molecule has 0 aliphatic heterocycles. The first-order chi connectivity index (χ1) is 7.85. The topological polar surface area (TPSA) is 38.0 Å². The zero-order valence-corrected chi connectivity index (χ0v) is 12.1. The van der Waals surface area contributed by atoms with Gasteiger partial charge in [0.25, 0.3) is 0 Å². The van der Waals surface area contributed by atoms with E-state index in [-0.39, 0.29) is 5.41 Å². The van der Waals surface area contributed by atoms with Gasteiger partial charge in [-0.2, -0.15) is 0 Å². The molecule has 4 heteroatoms. The zero-order valence-electron chi connectivity index (χ0n) is 10.5. The standard InChI is InChI=1S/C13H19ClN2S/c1-4-13(2,3)8-16-11-7-9(14)5-6-10(11)12(15)17/h5-7,16H,4,8H2,1-3H3,(H2,15,17). The molecule has 0 amide bonds. The Labute approximate surface area is 114 Å². The summed E-state index contributed by atoms with van der Waals surface area (Å²) in [6, 6.07) is 5.51. The molecule has 0 aromatic heterocycles. The van der Waals surface area contributed by atoms with E-state index in [0.717, 1.165) is 24.2 Å². The molecule has 1 aromatic rings. The number of anilines is 1. The van der Waals surface area contributed by atoms with E-state index < -0.39 is 0 Å². The Morgan fingerprint density at radius 3 is 2.65 bits per heavy atom. The summed E-state index contributed by atoms with van der Waals surface area (Å²) in [5, 5.41) is 4.06. The Morgan fingerprint density at radius 2 is 2.12 bits per heavy atom. The highest BCUT2D eigenvalue weighted by molar-refractivity contribution is 7.80. The molecule has 2 nitrogen and oxygen atoms in total. The average molecular weight is 271 g/mol. The van der Waals surface area contributed by atoms with Crippen LogP contribution in [0.5, 0.6) is 0 Å². The van der Waals surface area contributed by atoms with Crippen LogP contribution in [0.1, 0.15) is 32.8 Å². The van der Waals surface area contributed by atoms with Gasteiger partial charge in [-0.1, -0.05) is 44.6 Å².